The van der Waals surface area contributed by atoms with E-state index in [1.54, 1.807) is 32.2 Å². The Balaban J connectivity index is 1.66. The van der Waals surface area contributed by atoms with Crippen LogP contribution in [-0.4, -0.2) is 26.0 Å². The Morgan fingerprint density at radius 2 is 1.94 bits per heavy atom. The van der Waals surface area contributed by atoms with Crippen molar-refractivity contribution in [2.24, 2.45) is 0 Å². The number of rotatable bonds is 3. The van der Waals surface area contributed by atoms with E-state index < -0.39 is 5.82 Å². The molecule has 1 aliphatic rings. The van der Waals surface area contributed by atoms with Gasteiger partial charge in [-0.2, -0.15) is 0 Å². The van der Waals surface area contributed by atoms with Crippen LogP contribution < -0.4 is 5.56 Å². The zero-order valence-corrected chi connectivity index (χ0v) is 19.9. The predicted molar refractivity (Wildman–Crippen MR) is 129 cm³/mol. The summed E-state index contributed by atoms with van der Waals surface area (Å²) in [7, 11) is 0. The number of aryl methyl sites for hydroxylation is 2. The number of pyridine rings is 1. The van der Waals surface area contributed by atoms with E-state index in [-0.39, 0.29) is 34.0 Å². The molecule has 4 aromatic rings. The maximum atomic E-state index is 15.0. The molecule has 0 amide bonds. The van der Waals surface area contributed by atoms with Gasteiger partial charge in [-0.15, -0.1) is 0 Å². The van der Waals surface area contributed by atoms with E-state index in [4.69, 9.17) is 21.3 Å². The van der Waals surface area contributed by atoms with Crippen molar-refractivity contribution in [2.75, 3.05) is 6.61 Å². The molecular formula is C26H24ClFN4O2. The van der Waals surface area contributed by atoms with E-state index in [0.717, 1.165) is 23.4 Å². The summed E-state index contributed by atoms with van der Waals surface area (Å²) >= 11 is 5.98. The van der Waals surface area contributed by atoms with Gasteiger partial charge in [0.15, 0.2) is 5.82 Å². The molecule has 8 heteroatoms. The zero-order chi connectivity index (χ0) is 24.0. The Morgan fingerprint density at radius 1 is 1.12 bits per heavy atom. The average Bonchev–Trinajstić information content (AvgIpc) is 2.82. The number of benzene rings is 1. The third kappa shape index (κ3) is 4.10. The van der Waals surface area contributed by atoms with Gasteiger partial charge in [0, 0.05) is 52.5 Å². The van der Waals surface area contributed by atoms with Gasteiger partial charge in [-0.25, -0.2) is 18.8 Å². The molecule has 4 heterocycles. The van der Waals surface area contributed by atoms with Gasteiger partial charge in [-0.05, 0) is 69.5 Å². The highest BCUT2D eigenvalue weighted by Gasteiger charge is 2.28. The molecule has 1 aliphatic heterocycles. The smallest absolute Gasteiger partial charge is 0.262 e. The Kier molecular flexibility index (Phi) is 5.91. The van der Waals surface area contributed by atoms with E-state index >= 15 is 0 Å². The lowest BCUT2D eigenvalue weighted by Crippen LogP contribution is -2.24. The molecule has 1 aromatic carbocycles. The topological polar surface area (TPSA) is 69.4 Å². The minimum atomic E-state index is -0.541. The van der Waals surface area contributed by atoms with Gasteiger partial charge in [0.2, 0.25) is 0 Å². The summed E-state index contributed by atoms with van der Waals surface area (Å²) in [5, 5.41) is 0.277. The van der Waals surface area contributed by atoms with Crippen LogP contribution >= 0.6 is 11.6 Å². The number of hydrogen-bond donors (Lipinski definition) is 0. The molecule has 0 unspecified atom stereocenters. The number of ether oxygens (including phenoxy) is 1. The standard InChI is InChI=1S/C26H24ClFN4O2/c1-14-10-18(6-8-29-14)23-11-17(7-9-34-23)22-13-24-30-16(3)15(2)26(33)32(24)25(31-22)20-5-4-19(27)12-21(20)28/h4-6,8,10,12-13,17,23H,7,9,11H2,1-3H3/t17-,23+/m1/s1. The molecule has 2 atom stereocenters. The summed E-state index contributed by atoms with van der Waals surface area (Å²) in [4.78, 5) is 26.9. The molecular weight excluding hydrogens is 455 g/mol. The number of hydrogen-bond acceptors (Lipinski definition) is 5. The molecule has 34 heavy (non-hydrogen) atoms. The maximum Gasteiger partial charge on any atom is 0.262 e. The minimum Gasteiger partial charge on any atom is -0.373 e. The predicted octanol–water partition coefficient (Wildman–Crippen LogP) is 5.50. The second-order valence-electron chi connectivity index (χ2n) is 8.76. The van der Waals surface area contributed by atoms with E-state index in [1.165, 1.54) is 10.5 Å². The zero-order valence-electron chi connectivity index (χ0n) is 19.2. The number of halogens is 2. The van der Waals surface area contributed by atoms with Gasteiger partial charge in [0.05, 0.1) is 11.7 Å². The summed E-state index contributed by atoms with van der Waals surface area (Å²) in [6, 6.07) is 10.2. The quantitative estimate of drug-likeness (QED) is 0.388. The molecule has 3 aromatic heterocycles. The molecule has 0 saturated carbocycles. The van der Waals surface area contributed by atoms with Crippen molar-refractivity contribution in [3.63, 3.8) is 0 Å². The van der Waals surface area contributed by atoms with Crippen molar-refractivity contribution in [3.05, 3.63) is 92.0 Å². The summed E-state index contributed by atoms with van der Waals surface area (Å²) in [6.45, 7) is 6.04. The van der Waals surface area contributed by atoms with Gasteiger partial charge in [-0.3, -0.25) is 9.78 Å². The molecule has 0 N–H and O–H groups in total. The largest absolute Gasteiger partial charge is 0.373 e. The van der Waals surface area contributed by atoms with Crippen LogP contribution in [0, 0.1) is 26.6 Å². The fourth-order valence-corrected chi connectivity index (χ4v) is 4.66. The van der Waals surface area contributed by atoms with Crippen LogP contribution in [0.4, 0.5) is 4.39 Å². The van der Waals surface area contributed by atoms with Gasteiger partial charge in [-0.1, -0.05) is 11.6 Å². The number of nitrogens with zero attached hydrogens (tertiary/aromatic N) is 4. The lowest BCUT2D eigenvalue weighted by atomic mass is 9.89. The Bertz CT molecular complexity index is 1470. The Hall–Kier alpha value is -3.16. The number of fused-ring (bicyclic) bond motifs is 1. The first-order valence-electron chi connectivity index (χ1n) is 11.2. The van der Waals surface area contributed by atoms with Gasteiger partial charge >= 0.3 is 0 Å². The van der Waals surface area contributed by atoms with Crippen LogP contribution in [0.25, 0.3) is 17.0 Å². The molecule has 0 spiro atoms. The monoisotopic (exact) mass is 478 g/mol. The van der Waals surface area contributed by atoms with Gasteiger partial charge in [0.25, 0.3) is 5.56 Å². The van der Waals surface area contributed by atoms with Crippen LogP contribution in [0.15, 0.2) is 47.4 Å². The van der Waals surface area contributed by atoms with Crippen LogP contribution in [0.5, 0.6) is 0 Å². The van der Waals surface area contributed by atoms with Crippen LogP contribution in [0.1, 0.15) is 53.1 Å². The fraction of sp³-hybridized carbons (Fsp3) is 0.308. The summed E-state index contributed by atoms with van der Waals surface area (Å²) in [6.07, 6.45) is 3.17. The van der Waals surface area contributed by atoms with Crippen molar-refractivity contribution in [3.8, 4) is 11.4 Å². The van der Waals surface area contributed by atoms with E-state index in [9.17, 15) is 9.18 Å². The highest BCUT2D eigenvalue weighted by Crippen LogP contribution is 2.38. The molecule has 174 valence electrons. The third-order valence-electron chi connectivity index (χ3n) is 6.47. The molecule has 0 bridgehead atoms. The molecule has 1 saturated heterocycles. The summed E-state index contributed by atoms with van der Waals surface area (Å²) in [5.74, 6) is -0.254. The number of aromatic nitrogens is 4. The van der Waals surface area contributed by atoms with Crippen molar-refractivity contribution in [1.29, 1.82) is 0 Å². The first-order valence-corrected chi connectivity index (χ1v) is 11.6. The maximum absolute atomic E-state index is 15.0. The van der Waals surface area contributed by atoms with Crippen LogP contribution in [0.2, 0.25) is 5.02 Å². The highest BCUT2D eigenvalue weighted by atomic mass is 35.5. The van der Waals surface area contributed by atoms with Crippen LogP contribution in [0.3, 0.4) is 0 Å². The Morgan fingerprint density at radius 3 is 2.71 bits per heavy atom. The molecule has 0 radical (unpaired) electrons. The highest BCUT2D eigenvalue weighted by molar-refractivity contribution is 6.30. The van der Waals surface area contributed by atoms with Crippen molar-refractivity contribution < 1.29 is 9.13 Å². The normalized spacial score (nSPS) is 18.4. The van der Waals surface area contributed by atoms with Crippen molar-refractivity contribution in [1.82, 2.24) is 19.4 Å². The summed E-state index contributed by atoms with van der Waals surface area (Å²) < 4.78 is 22.4. The van der Waals surface area contributed by atoms with Gasteiger partial charge in [0.1, 0.15) is 11.5 Å². The van der Waals surface area contributed by atoms with E-state index in [2.05, 4.69) is 9.97 Å². The fourth-order valence-electron chi connectivity index (χ4n) is 4.50. The molecule has 0 aliphatic carbocycles. The van der Waals surface area contributed by atoms with Crippen molar-refractivity contribution in [2.45, 2.75) is 45.6 Å². The average molecular weight is 479 g/mol. The first-order chi connectivity index (χ1) is 16.3. The lowest BCUT2D eigenvalue weighted by Gasteiger charge is -2.30. The van der Waals surface area contributed by atoms with E-state index in [1.807, 2.05) is 25.1 Å². The SMILES string of the molecule is Cc1cc([C@@H]2C[C@H](c3cc4nc(C)c(C)c(=O)n4c(-c4ccc(Cl)cc4F)n3)CCO2)ccn1. The molecule has 5 rings (SSSR count). The summed E-state index contributed by atoms with van der Waals surface area (Å²) in [5.41, 5.74) is 4.30. The Labute approximate surface area is 201 Å². The third-order valence-corrected chi connectivity index (χ3v) is 6.70. The van der Waals surface area contributed by atoms with E-state index in [0.29, 0.717) is 29.9 Å². The first kappa shape index (κ1) is 22.6. The van der Waals surface area contributed by atoms with Gasteiger partial charge < -0.3 is 4.74 Å². The van der Waals surface area contributed by atoms with Crippen LogP contribution in [-0.2, 0) is 4.74 Å². The lowest BCUT2D eigenvalue weighted by molar-refractivity contribution is 0.00457. The second-order valence-corrected chi connectivity index (χ2v) is 9.20. The molecule has 1 fully saturated rings. The minimum absolute atomic E-state index is 0.0600. The van der Waals surface area contributed by atoms with Crippen molar-refractivity contribution >= 4 is 17.2 Å². The second kappa shape index (κ2) is 8.89. The molecule has 6 nitrogen and oxygen atoms in total.